The van der Waals surface area contributed by atoms with Crippen LogP contribution in [0, 0.1) is 0 Å². The number of benzene rings is 1. The van der Waals surface area contributed by atoms with Crippen LogP contribution < -0.4 is 5.32 Å². The van der Waals surface area contributed by atoms with Gasteiger partial charge in [-0.1, -0.05) is 6.07 Å². The lowest BCUT2D eigenvalue weighted by Gasteiger charge is -2.07. The van der Waals surface area contributed by atoms with E-state index in [4.69, 9.17) is 0 Å². The molecule has 0 aliphatic rings. The predicted octanol–water partition coefficient (Wildman–Crippen LogP) is 2.24. The lowest BCUT2D eigenvalue weighted by molar-refractivity contribution is 0.103. The van der Waals surface area contributed by atoms with Gasteiger partial charge in [0.25, 0.3) is 5.91 Å². The minimum Gasteiger partial charge on any atom is -0.768 e. The minimum atomic E-state index is -2.24. The number of anilines is 1. The second-order valence-electron chi connectivity index (χ2n) is 3.19. The number of carbonyl (C=O) groups is 1. The minimum absolute atomic E-state index is 0.194. The Morgan fingerprint density at radius 1 is 1.24 bits per heavy atom. The molecule has 0 fully saturated rings. The molecule has 0 saturated heterocycles. The van der Waals surface area contributed by atoms with Crippen LogP contribution in [0.3, 0.4) is 0 Å². The molecule has 2 aromatic rings. The van der Waals surface area contributed by atoms with Crippen molar-refractivity contribution in [1.29, 1.82) is 0 Å². The Balaban J connectivity index is 2.09. The van der Waals surface area contributed by atoms with Crippen LogP contribution in [-0.4, -0.2) is 14.7 Å². The maximum Gasteiger partial charge on any atom is 0.265 e. The molecule has 88 valence electrons. The van der Waals surface area contributed by atoms with Gasteiger partial charge in [0.05, 0.1) is 4.88 Å². The smallest absolute Gasteiger partial charge is 0.265 e. The highest BCUT2D eigenvalue weighted by Gasteiger charge is 2.06. The summed E-state index contributed by atoms with van der Waals surface area (Å²) in [5.74, 6) is -0.198. The van der Waals surface area contributed by atoms with Crippen LogP contribution in [0.1, 0.15) is 9.67 Å². The van der Waals surface area contributed by atoms with Crippen molar-refractivity contribution in [3.63, 3.8) is 0 Å². The summed E-state index contributed by atoms with van der Waals surface area (Å²) in [6, 6.07) is 9.50. The van der Waals surface area contributed by atoms with Crippen LogP contribution in [0.15, 0.2) is 46.7 Å². The predicted molar refractivity (Wildman–Crippen MR) is 65.9 cm³/mol. The van der Waals surface area contributed by atoms with Gasteiger partial charge in [0, 0.05) is 10.6 Å². The Kier molecular flexibility index (Phi) is 3.68. The summed E-state index contributed by atoms with van der Waals surface area (Å²) in [7, 11) is 0. The van der Waals surface area contributed by atoms with Crippen molar-refractivity contribution in [2.75, 3.05) is 5.32 Å². The molecule has 6 heteroatoms. The van der Waals surface area contributed by atoms with E-state index < -0.39 is 11.1 Å². The lowest BCUT2D eigenvalue weighted by Crippen LogP contribution is -2.09. The number of amides is 1. The molecular weight excluding hydrogens is 258 g/mol. The molecule has 0 spiro atoms. The fourth-order valence-electron chi connectivity index (χ4n) is 1.25. The van der Waals surface area contributed by atoms with Crippen LogP contribution in [0.2, 0.25) is 0 Å². The quantitative estimate of drug-likeness (QED) is 0.866. The van der Waals surface area contributed by atoms with E-state index in [1.807, 2.05) is 5.38 Å². The summed E-state index contributed by atoms with van der Waals surface area (Å²) in [6.07, 6.45) is 0. The zero-order valence-corrected chi connectivity index (χ0v) is 10.2. The average molecular weight is 266 g/mol. The van der Waals surface area contributed by atoms with Crippen molar-refractivity contribution < 1.29 is 13.6 Å². The summed E-state index contributed by atoms with van der Waals surface area (Å²) >= 11 is -0.892. The van der Waals surface area contributed by atoms with E-state index in [2.05, 4.69) is 5.32 Å². The SMILES string of the molecule is O=C(Nc1ccc(S(=O)[O-])cc1)c1cccs1. The third-order valence-electron chi connectivity index (χ3n) is 2.05. The van der Waals surface area contributed by atoms with Crippen molar-refractivity contribution in [2.45, 2.75) is 4.90 Å². The Labute approximate surface area is 105 Å². The number of carbonyl (C=O) groups excluding carboxylic acids is 1. The molecule has 1 atom stereocenters. The van der Waals surface area contributed by atoms with E-state index >= 15 is 0 Å². The van der Waals surface area contributed by atoms with Gasteiger partial charge in [-0.05, 0) is 46.8 Å². The fraction of sp³-hybridized carbons (Fsp3) is 0. The van der Waals surface area contributed by atoms with Crippen molar-refractivity contribution in [3.05, 3.63) is 46.7 Å². The molecule has 0 bridgehead atoms. The number of thiophene rings is 1. The average Bonchev–Trinajstić information content (AvgIpc) is 2.83. The maximum absolute atomic E-state index is 11.7. The van der Waals surface area contributed by atoms with E-state index in [-0.39, 0.29) is 10.8 Å². The highest BCUT2D eigenvalue weighted by Crippen LogP contribution is 2.15. The van der Waals surface area contributed by atoms with Crippen LogP contribution >= 0.6 is 11.3 Å². The number of nitrogens with one attached hydrogen (secondary N) is 1. The molecule has 1 amide bonds. The van der Waals surface area contributed by atoms with Crippen molar-refractivity contribution in [3.8, 4) is 0 Å². The van der Waals surface area contributed by atoms with Crippen molar-refractivity contribution >= 4 is 34.0 Å². The second-order valence-corrected chi connectivity index (χ2v) is 5.08. The number of hydrogen-bond acceptors (Lipinski definition) is 4. The van der Waals surface area contributed by atoms with E-state index in [1.54, 1.807) is 24.3 Å². The normalized spacial score (nSPS) is 12.1. The molecule has 4 nitrogen and oxygen atoms in total. The molecule has 1 unspecified atom stereocenters. The molecular formula is C11H8NO3S2-. The van der Waals surface area contributed by atoms with E-state index in [0.717, 1.165) is 0 Å². The third-order valence-corrected chi connectivity index (χ3v) is 3.58. The van der Waals surface area contributed by atoms with E-state index in [1.165, 1.54) is 23.5 Å². The molecule has 17 heavy (non-hydrogen) atoms. The molecule has 1 aromatic carbocycles. The summed E-state index contributed by atoms with van der Waals surface area (Å²) in [4.78, 5) is 12.5. The van der Waals surface area contributed by atoms with Gasteiger partial charge < -0.3 is 9.87 Å². The first-order valence-electron chi connectivity index (χ1n) is 4.71. The summed E-state index contributed by atoms with van der Waals surface area (Å²) in [5.41, 5.74) is 0.567. The zero-order valence-electron chi connectivity index (χ0n) is 8.58. The first-order valence-corrected chi connectivity index (χ1v) is 6.66. The van der Waals surface area contributed by atoms with E-state index in [0.29, 0.717) is 10.6 Å². The Bertz CT molecular complexity index is 534. The van der Waals surface area contributed by atoms with Gasteiger partial charge in [0.1, 0.15) is 0 Å². The summed E-state index contributed by atoms with van der Waals surface area (Å²) < 4.78 is 21.3. The summed E-state index contributed by atoms with van der Waals surface area (Å²) in [6.45, 7) is 0. The molecule has 0 saturated carbocycles. The van der Waals surface area contributed by atoms with Crippen LogP contribution in [0.25, 0.3) is 0 Å². The molecule has 0 radical (unpaired) electrons. The van der Waals surface area contributed by atoms with Crippen LogP contribution in [-0.2, 0) is 11.1 Å². The monoisotopic (exact) mass is 266 g/mol. The highest BCUT2D eigenvalue weighted by molar-refractivity contribution is 7.79. The fourth-order valence-corrected chi connectivity index (χ4v) is 2.23. The highest BCUT2D eigenvalue weighted by atomic mass is 32.2. The molecule has 2 rings (SSSR count). The lowest BCUT2D eigenvalue weighted by atomic mass is 10.3. The summed E-state index contributed by atoms with van der Waals surface area (Å²) in [5, 5.41) is 4.50. The van der Waals surface area contributed by atoms with Gasteiger partial charge in [-0.25, -0.2) is 0 Å². The largest absolute Gasteiger partial charge is 0.768 e. The topological polar surface area (TPSA) is 69.2 Å². The first-order chi connectivity index (χ1) is 8.16. The number of rotatable bonds is 3. The van der Waals surface area contributed by atoms with Gasteiger partial charge in [0.2, 0.25) is 0 Å². The molecule has 0 aliphatic heterocycles. The molecule has 1 aromatic heterocycles. The van der Waals surface area contributed by atoms with Gasteiger partial charge in [-0.2, -0.15) is 0 Å². The second kappa shape index (κ2) is 5.22. The van der Waals surface area contributed by atoms with Crippen LogP contribution in [0.5, 0.6) is 0 Å². The van der Waals surface area contributed by atoms with Crippen molar-refractivity contribution in [1.82, 2.24) is 0 Å². The molecule has 1 N–H and O–H groups in total. The van der Waals surface area contributed by atoms with Gasteiger partial charge in [-0.3, -0.25) is 9.00 Å². The van der Waals surface area contributed by atoms with Gasteiger partial charge in [-0.15, -0.1) is 11.3 Å². The Hall–Kier alpha value is -1.50. The van der Waals surface area contributed by atoms with Crippen molar-refractivity contribution in [2.24, 2.45) is 0 Å². The van der Waals surface area contributed by atoms with Gasteiger partial charge in [0.15, 0.2) is 0 Å². The van der Waals surface area contributed by atoms with E-state index in [9.17, 15) is 13.6 Å². The maximum atomic E-state index is 11.7. The Morgan fingerprint density at radius 3 is 2.47 bits per heavy atom. The standard InChI is InChI=1S/C11H9NO3S2/c13-11(10-2-1-7-16-10)12-8-3-5-9(6-4-8)17(14)15/h1-7H,(H,12,13)(H,14,15)/p-1. The van der Waals surface area contributed by atoms with Crippen LogP contribution in [0.4, 0.5) is 5.69 Å². The molecule has 1 heterocycles. The molecule has 0 aliphatic carbocycles. The zero-order chi connectivity index (χ0) is 12.3. The first kappa shape index (κ1) is 12.0. The van der Waals surface area contributed by atoms with Gasteiger partial charge >= 0.3 is 0 Å². The third kappa shape index (κ3) is 3.00. The Morgan fingerprint density at radius 2 is 1.94 bits per heavy atom. The number of hydrogen-bond donors (Lipinski definition) is 1.